The second kappa shape index (κ2) is 10.8. The molecule has 0 radical (unpaired) electrons. The number of hydrogen-bond acceptors (Lipinski definition) is 7. The number of hydrogen-bond donors (Lipinski definition) is 2. The number of aromatic nitrogens is 2. The summed E-state index contributed by atoms with van der Waals surface area (Å²) in [6.45, 7) is 7.09. The second-order valence-electron chi connectivity index (χ2n) is 8.32. The zero-order chi connectivity index (χ0) is 23.2. The number of H-pyrrole nitrogens is 1. The molecule has 33 heavy (non-hydrogen) atoms. The number of nitrogens with one attached hydrogen (secondary N) is 2. The van der Waals surface area contributed by atoms with Crippen LogP contribution in [0.2, 0.25) is 0 Å². The molecule has 1 amide bonds. The molecule has 2 N–H and O–H groups in total. The van der Waals surface area contributed by atoms with Crippen molar-refractivity contribution in [1.82, 2.24) is 24.7 Å². The molecule has 4 rings (SSSR count). The van der Waals surface area contributed by atoms with Crippen LogP contribution >= 0.6 is 0 Å². The fourth-order valence-electron chi connectivity index (χ4n) is 4.31. The number of aromatic amines is 1. The summed E-state index contributed by atoms with van der Waals surface area (Å²) in [6.07, 6.45) is 3.14. The molecule has 2 saturated heterocycles. The van der Waals surface area contributed by atoms with E-state index in [1.807, 2.05) is 4.90 Å². The maximum absolute atomic E-state index is 13.1. The number of piperazine rings is 1. The third-order valence-electron chi connectivity index (χ3n) is 6.21. The van der Waals surface area contributed by atoms with Gasteiger partial charge in [-0.15, -0.1) is 0 Å². The molecule has 3 heterocycles. The van der Waals surface area contributed by atoms with Crippen molar-refractivity contribution in [3.05, 3.63) is 56.9 Å². The number of carbonyl (C=O) groups is 1. The Balaban J connectivity index is 1.36. The first-order valence-corrected chi connectivity index (χ1v) is 11.4. The molecule has 178 valence electrons. The third-order valence-corrected chi connectivity index (χ3v) is 6.21. The number of benzene rings is 1. The molecule has 0 bridgehead atoms. The van der Waals surface area contributed by atoms with Crippen LogP contribution in [0.3, 0.4) is 0 Å². The first kappa shape index (κ1) is 23.2. The van der Waals surface area contributed by atoms with Crippen LogP contribution in [0.25, 0.3) is 5.69 Å². The Morgan fingerprint density at radius 2 is 1.85 bits per heavy atom. The van der Waals surface area contributed by atoms with Crippen LogP contribution in [0.5, 0.6) is 5.75 Å². The van der Waals surface area contributed by atoms with Gasteiger partial charge in [0.05, 0.1) is 25.5 Å². The number of likely N-dealkylation sites (tertiary alicyclic amines) is 1. The topological polar surface area (TPSA) is 109 Å². The van der Waals surface area contributed by atoms with Gasteiger partial charge in [0.25, 0.3) is 11.5 Å². The van der Waals surface area contributed by atoms with E-state index in [2.05, 4.69) is 15.2 Å². The molecule has 10 heteroatoms. The average Bonchev–Trinajstić information content (AvgIpc) is 2.84. The van der Waals surface area contributed by atoms with E-state index in [1.165, 1.54) is 23.9 Å². The lowest BCUT2D eigenvalue weighted by Gasteiger charge is -2.33. The van der Waals surface area contributed by atoms with Crippen LogP contribution in [-0.2, 0) is 4.74 Å². The van der Waals surface area contributed by atoms with Crippen LogP contribution in [-0.4, -0.2) is 90.9 Å². The minimum atomic E-state index is -0.593. The van der Waals surface area contributed by atoms with Crippen molar-refractivity contribution in [2.24, 2.45) is 0 Å². The Morgan fingerprint density at radius 1 is 1.09 bits per heavy atom. The summed E-state index contributed by atoms with van der Waals surface area (Å²) in [4.78, 5) is 43.2. The van der Waals surface area contributed by atoms with Crippen LogP contribution in [0.4, 0.5) is 0 Å². The van der Waals surface area contributed by atoms with Crippen LogP contribution in [0, 0.1) is 0 Å². The van der Waals surface area contributed by atoms with E-state index < -0.39 is 11.2 Å². The number of ether oxygens (including phenoxy) is 2. The van der Waals surface area contributed by atoms with Crippen LogP contribution in [0.1, 0.15) is 23.2 Å². The number of nitrogens with zero attached hydrogens (tertiary/aromatic N) is 3. The Bertz CT molecular complexity index is 1070. The molecule has 0 atom stereocenters. The maximum atomic E-state index is 13.1. The lowest BCUT2D eigenvalue weighted by molar-refractivity contribution is -0.000635. The highest BCUT2D eigenvalue weighted by Crippen LogP contribution is 2.24. The van der Waals surface area contributed by atoms with Crippen molar-refractivity contribution >= 4 is 5.91 Å². The Hall–Kier alpha value is -2.95. The normalized spacial score (nSPS) is 17.8. The van der Waals surface area contributed by atoms with Gasteiger partial charge in [-0.3, -0.25) is 24.0 Å². The monoisotopic (exact) mass is 457 g/mol. The van der Waals surface area contributed by atoms with Crippen LogP contribution in [0.15, 0.2) is 40.1 Å². The third kappa shape index (κ3) is 5.70. The van der Waals surface area contributed by atoms with E-state index >= 15 is 0 Å². The van der Waals surface area contributed by atoms with E-state index in [9.17, 15) is 14.4 Å². The number of rotatable bonds is 7. The molecule has 1 aromatic carbocycles. The van der Waals surface area contributed by atoms with Crippen LogP contribution < -0.4 is 21.3 Å². The summed E-state index contributed by atoms with van der Waals surface area (Å²) < 4.78 is 12.7. The van der Waals surface area contributed by atoms with Gasteiger partial charge >= 0.3 is 5.69 Å². The molecule has 0 aliphatic carbocycles. The molecule has 0 saturated carbocycles. The Morgan fingerprint density at radius 3 is 2.55 bits per heavy atom. The van der Waals surface area contributed by atoms with E-state index in [0.29, 0.717) is 36.7 Å². The minimum absolute atomic E-state index is 0.101. The van der Waals surface area contributed by atoms with Gasteiger partial charge in [0.1, 0.15) is 5.75 Å². The quantitative estimate of drug-likeness (QED) is 0.605. The van der Waals surface area contributed by atoms with E-state index in [0.717, 1.165) is 45.6 Å². The molecular formula is C23H31N5O5. The molecule has 0 unspecified atom stereocenters. The van der Waals surface area contributed by atoms with Crippen molar-refractivity contribution in [3.8, 4) is 11.4 Å². The maximum Gasteiger partial charge on any atom is 0.333 e. The smallest absolute Gasteiger partial charge is 0.333 e. The molecular weight excluding hydrogens is 426 g/mol. The molecule has 0 spiro atoms. The number of methoxy groups -OCH3 is 1. The highest BCUT2D eigenvalue weighted by Gasteiger charge is 2.25. The minimum Gasteiger partial charge on any atom is -0.495 e. The SMILES string of the molecule is COc1ccc(C(=O)N2CCC(OCCN3CCNCC3)CC2)cc1-n1ccc(=O)[nH]c1=O. The first-order chi connectivity index (χ1) is 16.0. The van der Waals surface area contributed by atoms with Crippen molar-refractivity contribution in [1.29, 1.82) is 0 Å². The lowest BCUT2D eigenvalue weighted by Crippen LogP contribution is -2.45. The molecule has 2 fully saturated rings. The predicted molar refractivity (Wildman–Crippen MR) is 123 cm³/mol. The summed E-state index contributed by atoms with van der Waals surface area (Å²) in [7, 11) is 1.49. The average molecular weight is 458 g/mol. The summed E-state index contributed by atoms with van der Waals surface area (Å²) in [6, 6.07) is 6.22. The highest BCUT2D eigenvalue weighted by atomic mass is 16.5. The number of amides is 1. The molecule has 1 aromatic heterocycles. The Kier molecular flexibility index (Phi) is 7.58. The van der Waals surface area contributed by atoms with Gasteiger partial charge in [-0.25, -0.2) is 4.79 Å². The molecule has 10 nitrogen and oxygen atoms in total. The van der Waals surface area contributed by atoms with Gasteiger partial charge < -0.3 is 19.7 Å². The predicted octanol–water partition coefficient (Wildman–Crippen LogP) is 0.0608. The second-order valence-corrected chi connectivity index (χ2v) is 8.32. The first-order valence-electron chi connectivity index (χ1n) is 11.4. The standard InChI is InChI=1S/C23H31N5O5/c1-32-20-3-2-17(16-19(20)28-11-6-21(29)25-23(28)31)22(30)27-9-4-18(5-10-27)33-15-14-26-12-7-24-8-13-26/h2-3,6,11,16,18,24H,4-5,7-10,12-15H2,1H3,(H,25,29,31). The van der Waals surface area contributed by atoms with Crippen molar-refractivity contribution in [3.63, 3.8) is 0 Å². The Labute approximate surface area is 192 Å². The molecule has 2 aromatic rings. The zero-order valence-electron chi connectivity index (χ0n) is 18.9. The fourth-order valence-corrected chi connectivity index (χ4v) is 4.31. The van der Waals surface area contributed by atoms with E-state index in [4.69, 9.17) is 9.47 Å². The lowest BCUT2D eigenvalue weighted by atomic mass is 10.1. The number of carbonyl (C=O) groups excluding carboxylic acids is 1. The summed E-state index contributed by atoms with van der Waals surface area (Å²) in [5.74, 6) is 0.327. The van der Waals surface area contributed by atoms with Crippen molar-refractivity contribution in [2.75, 3.05) is 59.5 Å². The zero-order valence-corrected chi connectivity index (χ0v) is 18.9. The van der Waals surface area contributed by atoms with Gasteiger partial charge in [-0.1, -0.05) is 0 Å². The summed E-state index contributed by atoms with van der Waals surface area (Å²) >= 11 is 0. The van der Waals surface area contributed by atoms with Gasteiger partial charge in [-0.2, -0.15) is 0 Å². The van der Waals surface area contributed by atoms with E-state index in [1.54, 1.807) is 18.2 Å². The molecule has 2 aliphatic rings. The van der Waals surface area contributed by atoms with Crippen molar-refractivity contribution < 1.29 is 14.3 Å². The fraction of sp³-hybridized carbons (Fsp3) is 0.522. The van der Waals surface area contributed by atoms with Gasteiger partial charge in [0, 0.05) is 63.6 Å². The summed E-state index contributed by atoms with van der Waals surface area (Å²) in [5.41, 5.74) is -0.220. The van der Waals surface area contributed by atoms with Gasteiger partial charge in [-0.05, 0) is 31.0 Å². The highest BCUT2D eigenvalue weighted by molar-refractivity contribution is 5.95. The summed E-state index contributed by atoms with van der Waals surface area (Å²) in [5, 5.41) is 3.35. The number of piperidine rings is 1. The van der Waals surface area contributed by atoms with Gasteiger partial charge in [0.2, 0.25) is 0 Å². The van der Waals surface area contributed by atoms with E-state index in [-0.39, 0.29) is 12.0 Å². The van der Waals surface area contributed by atoms with Crippen molar-refractivity contribution in [2.45, 2.75) is 18.9 Å². The molecule has 2 aliphatic heterocycles. The van der Waals surface area contributed by atoms with Gasteiger partial charge in [0.15, 0.2) is 0 Å². The largest absolute Gasteiger partial charge is 0.495 e.